The maximum Gasteiger partial charge on any atom is -0.0134 e. The van der Waals surface area contributed by atoms with Crippen molar-refractivity contribution in [2.24, 2.45) is 17.8 Å². The molecule has 0 heteroatoms. The van der Waals surface area contributed by atoms with Crippen molar-refractivity contribution in [3.63, 3.8) is 0 Å². The highest BCUT2D eigenvalue weighted by Gasteiger charge is 2.40. The highest BCUT2D eigenvalue weighted by atomic mass is 14.4. The largest absolute Gasteiger partial charge is 0.0805 e. The van der Waals surface area contributed by atoms with E-state index >= 15 is 0 Å². The third-order valence-corrected chi connectivity index (χ3v) is 3.97. The molecule has 2 saturated carbocycles. The molecule has 0 heterocycles. The van der Waals surface area contributed by atoms with Gasteiger partial charge in [-0.3, -0.25) is 0 Å². The first kappa shape index (κ1) is 6.94. The number of hydrogen-bond acceptors (Lipinski definition) is 0. The molecule has 3 unspecified atom stereocenters. The molecular formula is C12H16. The van der Waals surface area contributed by atoms with E-state index in [-0.39, 0.29) is 0 Å². The third kappa shape index (κ3) is 0.903. The van der Waals surface area contributed by atoms with Crippen molar-refractivity contribution in [3.05, 3.63) is 23.8 Å². The Hall–Kier alpha value is -0.520. The van der Waals surface area contributed by atoms with Crippen LogP contribution in [0.5, 0.6) is 0 Å². The van der Waals surface area contributed by atoms with Gasteiger partial charge >= 0.3 is 0 Å². The Morgan fingerprint density at radius 3 is 2.75 bits per heavy atom. The molecule has 3 atom stereocenters. The summed E-state index contributed by atoms with van der Waals surface area (Å²) in [5, 5.41) is 0. The summed E-state index contributed by atoms with van der Waals surface area (Å²) >= 11 is 0. The van der Waals surface area contributed by atoms with Gasteiger partial charge in [0.05, 0.1) is 0 Å². The van der Waals surface area contributed by atoms with E-state index in [1.54, 1.807) is 5.57 Å². The van der Waals surface area contributed by atoms with Crippen LogP contribution in [0.15, 0.2) is 23.8 Å². The normalized spacial score (nSPS) is 44.0. The standard InChI is InChI=1S/C12H16/c1-2-4-10(3-1)12-8-9-5-6-11(12)7-9/h1,3-4,9,11-12H,2,5-8H2. The van der Waals surface area contributed by atoms with Crippen LogP contribution in [0.1, 0.15) is 32.1 Å². The minimum Gasteiger partial charge on any atom is -0.0805 e. The smallest absolute Gasteiger partial charge is 0.0134 e. The Labute approximate surface area is 74.4 Å². The molecule has 3 rings (SSSR count). The van der Waals surface area contributed by atoms with Gasteiger partial charge in [0.2, 0.25) is 0 Å². The van der Waals surface area contributed by atoms with Gasteiger partial charge in [0.15, 0.2) is 0 Å². The van der Waals surface area contributed by atoms with Gasteiger partial charge in [-0.05, 0) is 49.0 Å². The van der Waals surface area contributed by atoms with Gasteiger partial charge in [-0.1, -0.05) is 24.6 Å². The average Bonchev–Trinajstić information content (AvgIpc) is 2.81. The Morgan fingerprint density at radius 2 is 2.17 bits per heavy atom. The van der Waals surface area contributed by atoms with Crippen molar-refractivity contribution in [1.29, 1.82) is 0 Å². The van der Waals surface area contributed by atoms with E-state index in [1.807, 2.05) is 0 Å². The second-order valence-electron chi connectivity index (χ2n) is 4.62. The molecule has 2 fully saturated rings. The van der Waals surface area contributed by atoms with Crippen LogP contribution in [0.4, 0.5) is 0 Å². The maximum atomic E-state index is 2.44. The van der Waals surface area contributed by atoms with E-state index in [0.717, 1.165) is 17.8 Å². The molecule has 0 aliphatic heterocycles. The first-order chi connectivity index (χ1) is 5.93. The van der Waals surface area contributed by atoms with Gasteiger partial charge in [0.25, 0.3) is 0 Å². The summed E-state index contributed by atoms with van der Waals surface area (Å²) in [6.07, 6.45) is 14.4. The van der Waals surface area contributed by atoms with Crippen LogP contribution in [-0.4, -0.2) is 0 Å². The quantitative estimate of drug-likeness (QED) is 0.552. The molecule has 3 aliphatic rings. The molecule has 0 aromatic heterocycles. The third-order valence-electron chi connectivity index (χ3n) is 3.97. The van der Waals surface area contributed by atoms with Crippen LogP contribution in [0, 0.1) is 17.8 Å². The first-order valence-corrected chi connectivity index (χ1v) is 5.30. The van der Waals surface area contributed by atoms with Crippen LogP contribution in [-0.2, 0) is 0 Å². The van der Waals surface area contributed by atoms with Crippen molar-refractivity contribution < 1.29 is 0 Å². The Balaban J connectivity index is 1.82. The number of rotatable bonds is 1. The highest BCUT2D eigenvalue weighted by Crippen LogP contribution is 2.51. The summed E-state index contributed by atoms with van der Waals surface area (Å²) in [5.74, 6) is 3.11. The zero-order valence-corrected chi connectivity index (χ0v) is 7.50. The van der Waals surface area contributed by atoms with E-state index in [9.17, 15) is 0 Å². The van der Waals surface area contributed by atoms with E-state index in [0.29, 0.717) is 0 Å². The summed E-state index contributed by atoms with van der Waals surface area (Å²) in [6, 6.07) is 0. The second kappa shape index (κ2) is 2.48. The van der Waals surface area contributed by atoms with Gasteiger partial charge in [-0.25, -0.2) is 0 Å². The Kier molecular flexibility index (Phi) is 1.44. The van der Waals surface area contributed by atoms with Crippen LogP contribution in [0.2, 0.25) is 0 Å². The molecule has 0 saturated heterocycles. The second-order valence-corrected chi connectivity index (χ2v) is 4.62. The lowest BCUT2D eigenvalue weighted by Gasteiger charge is -2.21. The summed E-state index contributed by atoms with van der Waals surface area (Å²) in [5.41, 5.74) is 1.67. The fourth-order valence-corrected chi connectivity index (χ4v) is 3.40. The molecule has 0 amide bonds. The summed E-state index contributed by atoms with van der Waals surface area (Å²) in [7, 11) is 0. The minimum atomic E-state index is 0.961. The Bertz CT molecular complexity index is 247. The van der Waals surface area contributed by atoms with Crippen molar-refractivity contribution in [1.82, 2.24) is 0 Å². The van der Waals surface area contributed by atoms with Gasteiger partial charge in [-0.2, -0.15) is 0 Å². The lowest BCUT2D eigenvalue weighted by molar-refractivity contribution is 0.383. The van der Waals surface area contributed by atoms with Crippen LogP contribution < -0.4 is 0 Å². The van der Waals surface area contributed by atoms with E-state index in [1.165, 1.54) is 32.1 Å². The van der Waals surface area contributed by atoms with Gasteiger partial charge < -0.3 is 0 Å². The summed E-state index contributed by atoms with van der Waals surface area (Å²) in [4.78, 5) is 0. The van der Waals surface area contributed by atoms with Crippen molar-refractivity contribution in [3.8, 4) is 0 Å². The first-order valence-electron chi connectivity index (χ1n) is 5.30. The number of hydrogen-bond donors (Lipinski definition) is 0. The van der Waals surface area contributed by atoms with Gasteiger partial charge in [0, 0.05) is 0 Å². The van der Waals surface area contributed by atoms with Gasteiger partial charge in [0.1, 0.15) is 0 Å². The molecule has 12 heavy (non-hydrogen) atoms. The summed E-state index contributed by atoms with van der Waals surface area (Å²) < 4.78 is 0. The zero-order valence-electron chi connectivity index (χ0n) is 7.50. The molecule has 0 nitrogen and oxygen atoms in total. The van der Waals surface area contributed by atoms with Crippen molar-refractivity contribution in [2.75, 3.05) is 0 Å². The zero-order chi connectivity index (χ0) is 7.97. The predicted molar refractivity (Wildman–Crippen MR) is 50.8 cm³/mol. The topological polar surface area (TPSA) is 0 Å². The fraction of sp³-hybridized carbons (Fsp3) is 0.667. The molecule has 2 bridgehead atoms. The molecule has 0 radical (unpaired) electrons. The Morgan fingerprint density at radius 1 is 1.17 bits per heavy atom. The summed E-state index contributed by atoms with van der Waals surface area (Å²) in [6.45, 7) is 0. The average molecular weight is 160 g/mol. The molecule has 0 N–H and O–H groups in total. The van der Waals surface area contributed by atoms with E-state index < -0.39 is 0 Å². The SMILES string of the molecule is C1=CC(C2CC3CCC2C3)=CC1. The molecule has 64 valence electrons. The molecule has 0 spiro atoms. The van der Waals surface area contributed by atoms with Crippen LogP contribution in [0.3, 0.4) is 0 Å². The maximum absolute atomic E-state index is 2.44. The fourth-order valence-electron chi connectivity index (χ4n) is 3.40. The predicted octanol–water partition coefficient (Wildman–Crippen LogP) is 3.31. The monoisotopic (exact) mass is 160 g/mol. The molecule has 3 aliphatic carbocycles. The van der Waals surface area contributed by atoms with Crippen molar-refractivity contribution >= 4 is 0 Å². The van der Waals surface area contributed by atoms with Crippen LogP contribution >= 0.6 is 0 Å². The van der Waals surface area contributed by atoms with Crippen LogP contribution in [0.25, 0.3) is 0 Å². The van der Waals surface area contributed by atoms with Crippen molar-refractivity contribution in [2.45, 2.75) is 32.1 Å². The molecule has 0 aromatic carbocycles. The minimum absolute atomic E-state index is 0.961. The lowest BCUT2D eigenvalue weighted by Crippen LogP contribution is -2.11. The van der Waals surface area contributed by atoms with E-state index in [4.69, 9.17) is 0 Å². The molecular weight excluding hydrogens is 144 g/mol. The number of fused-ring (bicyclic) bond motifs is 2. The molecule has 0 aromatic rings. The highest BCUT2D eigenvalue weighted by molar-refractivity contribution is 5.30. The number of allylic oxidation sites excluding steroid dienone is 4. The van der Waals surface area contributed by atoms with Gasteiger partial charge in [-0.15, -0.1) is 0 Å². The van der Waals surface area contributed by atoms with E-state index in [2.05, 4.69) is 18.2 Å². The lowest BCUT2D eigenvalue weighted by atomic mass is 9.83.